The van der Waals surface area contributed by atoms with Crippen LogP contribution >= 0.6 is 0 Å². The molecule has 1 aromatic rings. The Balaban J connectivity index is 2.53. The third kappa shape index (κ3) is 3.28. The van der Waals surface area contributed by atoms with Crippen LogP contribution in [-0.4, -0.2) is 6.41 Å². The van der Waals surface area contributed by atoms with Crippen molar-refractivity contribution >= 4 is 6.41 Å². The lowest BCUT2D eigenvalue weighted by Crippen LogP contribution is -2.09. The van der Waals surface area contributed by atoms with Gasteiger partial charge in [-0.3, -0.25) is 4.79 Å². The van der Waals surface area contributed by atoms with Crippen LogP contribution in [-0.2, 0) is 17.8 Å². The monoisotopic (exact) mass is 177 g/mol. The lowest BCUT2D eigenvalue weighted by atomic mass is 10.1. The van der Waals surface area contributed by atoms with Crippen molar-refractivity contribution in [2.24, 2.45) is 0 Å². The predicted molar refractivity (Wildman–Crippen MR) is 53.3 cm³/mol. The fourth-order valence-corrected chi connectivity index (χ4v) is 1.27. The molecule has 0 saturated carbocycles. The fourth-order valence-electron chi connectivity index (χ4n) is 1.27. The molecule has 0 bridgehead atoms. The summed E-state index contributed by atoms with van der Waals surface area (Å²) in [5, 5.41) is 2.64. The van der Waals surface area contributed by atoms with Gasteiger partial charge in [0.1, 0.15) is 0 Å². The van der Waals surface area contributed by atoms with Gasteiger partial charge in [-0.2, -0.15) is 0 Å². The van der Waals surface area contributed by atoms with Gasteiger partial charge < -0.3 is 5.32 Å². The van der Waals surface area contributed by atoms with Gasteiger partial charge in [-0.1, -0.05) is 37.6 Å². The van der Waals surface area contributed by atoms with Gasteiger partial charge in [-0.15, -0.1) is 0 Å². The van der Waals surface area contributed by atoms with Crippen LogP contribution in [0.1, 0.15) is 24.5 Å². The van der Waals surface area contributed by atoms with Gasteiger partial charge in [0, 0.05) is 6.54 Å². The number of carbonyl (C=O) groups is 1. The van der Waals surface area contributed by atoms with Crippen molar-refractivity contribution in [2.45, 2.75) is 26.3 Å². The molecule has 1 aromatic carbocycles. The predicted octanol–water partition coefficient (Wildman–Crippen LogP) is 1.89. The Bertz CT molecular complexity index is 253. The summed E-state index contributed by atoms with van der Waals surface area (Å²) in [4.78, 5) is 10.0. The minimum Gasteiger partial charge on any atom is -0.355 e. The lowest BCUT2D eigenvalue weighted by molar-refractivity contribution is -0.109. The Morgan fingerprint density at radius 3 is 2.38 bits per heavy atom. The largest absolute Gasteiger partial charge is 0.355 e. The van der Waals surface area contributed by atoms with Crippen LogP contribution in [0.25, 0.3) is 0 Å². The molecule has 0 spiro atoms. The molecule has 13 heavy (non-hydrogen) atoms. The maximum atomic E-state index is 10.0. The molecule has 0 radical (unpaired) electrons. The van der Waals surface area contributed by atoms with E-state index in [0.29, 0.717) is 6.54 Å². The van der Waals surface area contributed by atoms with Crippen molar-refractivity contribution in [2.75, 3.05) is 0 Å². The minimum absolute atomic E-state index is 0.621. The highest BCUT2D eigenvalue weighted by Gasteiger charge is 1.92. The number of carbonyl (C=O) groups excluding carboxylic acids is 1. The number of benzene rings is 1. The zero-order valence-electron chi connectivity index (χ0n) is 7.92. The van der Waals surface area contributed by atoms with Gasteiger partial charge in [-0.05, 0) is 17.5 Å². The quantitative estimate of drug-likeness (QED) is 0.684. The molecule has 2 heteroatoms. The van der Waals surface area contributed by atoms with E-state index in [0.717, 1.165) is 18.4 Å². The zero-order chi connectivity index (χ0) is 9.52. The summed E-state index contributed by atoms with van der Waals surface area (Å²) in [6, 6.07) is 8.35. The molecule has 0 unspecified atom stereocenters. The van der Waals surface area contributed by atoms with Crippen LogP contribution in [0.3, 0.4) is 0 Å². The molecule has 0 aliphatic carbocycles. The molecular formula is C11H15NO. The number of rotatable bonds is 5. The molecule has 1 amide bonds. The van der Waals surface area contributed by atoms with E-state index < -0.39 is 0 Å². The van der Waals surface area contributed by atoms with Crippen LogP contribution in [0.2, 0.25) is 0 Å². The summed E-state index contributed by atoms with van der Waals surface area (Å²) < 4.78 is 0. The smallest absolute Gasteiger partial charge is 0.207 e. The summed E-state index contributed by atoms with van der Waals surface area (Å²) in [6.07, 6.45) is 3.02. The summed E-state index contributed by atoms with van der Waals surface area (Å²) in [6.45, 7) is 2.79. The van der Waals surface area contributed by atoms with Crippen LogP contribution in [0, 0.1) is 0 Å². The maximum Gasteiger partial charge on any atom is 0.207 e. The summed E-state index contributed by atoms with van der Waals surface area (Å²) in [5.74, 6) is 0. The van der Waals surface area contributed by atoms with E-state index >= 15 is 0 Å². The van der Waals surface area contributed by atoms with E-state index in [1.807, 2.05) is 0 Å². The van der Waals surface area contributed by atoms with Gasteiger partial charge in [0.05, 0.1) is 0 Å². The second-order valence-electron chi connectivity index (χ2n) is 3.07. The molecule has 0 aliphatic heterocycles. The van der Waals surface area contributed by atoms with E-state index in [1.54, 1.807) is 0 Å². The molecule has 0 saturated heterocycles. The van der Waals surface area contributed by atoms with Crippen molar-refractivity contribution in [3.05, 3.63) is 35.4 Å². The number of amides is 1. The SMILES string of the molecule is CCCc1ccc(CNC=O)cc1. The molecule has 1 rings (SSSR count). The van der Waals surface area contributed by atoms with E-state index in [2.05, 4.69) is 36.5 Å². The van der Waals surface area contributed by atoms with Crippen LogP contribution in [0.5, 0.6) is 0 Å². The van der Waals surface area contributed by atoms with Gasteiger partial charge in [0.2, 0.25) is 6.41 Å². The first-order valence-electron chi connectivity index (χ1n) is 4.61. The molecule has 0 fully saturated rings. The third-order valence-electron chi connectivity index (χ3n) is 1.95. The Kier molecular flexibility index (Phi) is 4.03. The maximum absolute atomic E-state index is 10.0. The number of aryl methyl sites for hydroxylation is 1. The molecule has 0 aromatic heterocycles. The van der Waals surface area contributed by atoms with Crippen molar-refractivity contribution in [1.29, 1.82) is 0 Å². The number of hydrogen-bond acceptors (Lipinski definition) is 1. The third-order valence-corrected chi connectivity index (χ3v) is 1.95. The summed E-state index contributed by atoms with van der Waals surface area (Å²) in [5.41, 5.74) is 2.50. The molecule has 0 atom stereocenters. The standard InChI is InChI=1S/C11H15NO/c1-2-3-10-4-6-11(7-5-10)8-12-9-13/h4-7,9H,2-3,8H2,1H3,(H,12,13). The van der Waals surface area contributed by atoms with Gasteiger partial charge in [0.15, 0.2) is 0 Å². The molecule has 70 valence electrons. The van der Waals surface area contributed by atoms with Crippen molar-refractivity contribution in [3.63, 3.8) is 0 Å². The van der Waals surface area contributed by atoms with E-state index in [9.17, 15) is 4.79 Å². The normalized spacial score (nSPS) is 9.62. The second kappa shape index (κ2) is 5.36. The minimum atomic E-state index is 0.621. The Labute approximate surface area is 79.0 Å². The summed E-state index contributed by atoms with van der Waals surface area (Å²) in [7, 11) is 0. The first kappa shape index (κ1) is 9.78. The lowest BCUT2D eigenvalue weighted by Gasteiger charge is -2.01. The molecule has 0 heterocycles. The fraction of sp³-hybridized carbons (Fsp3) is 0.364. The molecular weight excluding hydrogens is 162 g/mol. The topological polar surface area (TPSA) is 29.1 Å². The van der Waals surface area contributed by atoms with Crippen LogP contribution < -0.4 is 5.32 Å². The highest BCUT2D eigenvalue weighted by molar-refractivity contribution is 5.46. The van der Waals surface area contributed by atoms with Crippen molar-refractivity contribution < 1.29 is 4.79 Å². The first-order chi connectivity index (χ1) is 6.36. The van der Waals surface area contributed by atoms with Crippen molar-refractivity contribution in [3.8, 4) is 0 Å². The Hall–Kier alpha value is -1.31. The average Bonchev–Trinajstić information content (AvgIpc) is 2.17. The van der Waals surface area contributed by atoms with Crippen molar-refractivity contribution in [1.82, 2.24) is 5.32 Å². The highest BCUT2D eigenvalue weighted by Crippen LogP contribution is 2.06. The Morgan fingerprint density at radius 1 is 1.23 bits per heavy atom. The van der Waals surface area contributed by atoms with Gasteiger partial charge in [-0.25, -0.2) is 0 Å². The van der Waals surface area contributed by atoms with Crippen LogP contribution in [0.15, 0.2) is 24.3 Å². The average molecular weight is 177 g/mol. The van der Waals surface area contributed by atoms with Gasteiger partial charge >= 0.3 is 0 Å². The number of nitrogens with one attached hydrogen (secondary N) is 1. The van der Waals surface area contributed by atoms with Gasteiger partial charge in [0.25, 0.3) is 0 Å². The van der Waals surface area contributed by atoms with E-state index in [-0.39, 0.29) is 0 Å². The molecule has 1 N–H and O–H groups in total. The summed E-state index contributed by atoms with van der Waals surface area (Å²) >= 11 is 0. The second-order valence-corrected chi connectivity index (χ2v) is 3.07. The highest BCUT2D eigenvalue weighted by atomic mass is 16.1. The molecule has 0 aliphatic rings. The van der Waals surface area contributed by atoms with Crippen LogP contribution in [0.4, 0.5) is 0 Å². The molecule has 2 nitrogen and oxygen atoms in total. The number of hydrogen-bond donors (Lipinski definition) is 1. The first-order valence-corrected chi connectivity index (χ1v) is 4.61. The Morgan fingerprint density at radius 2 is 1.85 bits per heavy atom. The zero-order valence-corrected chi connectivity index (χ0v) is 7.92. The van der Waals surface area contributed by atoms with E-state index in [4.69, 9.17) is 0 Å². The van der Waals surface area contributed by atoms with E-state index in [1.165, 1.54) is 12.0 Å².